The molecule has 7 heteroatoms. The fourth-order valence-electron chi connectivity index (χ4n) is 2.54. The van der Waals surface area contributed by atoms with Gasteiger partial charge in [0, 0.05) is 27.2 Å². The van der Waals surface area contributed by atoms with Crippen LogP contribution >= 0.6 is 22.7 Å². The van der Waals surface area contributed by atoms with E-state index in [9.17, 15) is 4.79 Å². The van der Waals surface area contributed by atoms with Crippen LogP contribution in [0.1, 0.15) is 23.0 Å². The molecular formula is C14H20N4OS2. The molecule has 1 unspecified atom stereocenters. The van der Waals surface area contributed by atoms with E-state index >= 15 is 0 Å². The van der Waals surface area contributed by atoms with E-state index in [0.29, 0.717) is 6.54 Å². The molecule has 21 heavy (non-hydrogen) atoms. The summed E-state index contributed by atoms with van der Waals surface area (Å²) in [4.78, 5) is 22.8. The Hall–Kier alpha value is -1.18. The summed E-state index contributed by atoms with van der Waals surface area (Å²) in [5.74, 6) is 0.119. The summed E-state index contributed by atoms with van der Waals surface area (Å²) in [5, 5.41) is 0.979. The minimum absolute atomic E-state index is 0.0701. The van der Waals surface area contributed by atoms with Gasteiger partial charge >= 0.3 is 0 Å². The van der Waals surface area contributed by atoms with Gasteiger partial charge in [0.1, 0.15) is 4.83 Å². The van der Waals surface area contributed by atoms with Crippen molar-refractivity contribution in [2.45, 2.75) is 13.3 Å². The standard InChI is InChI=1S/C14H20N4OS2/c1-14(7-15)4-5-18(8-14)12(19)10-6-9-11(20-10)16-13(21-9)17(2)3/h6H,4-5,7-8,15H2,1-3H3. The van der Waals surface area contributed by atoms with Crippen molar-refractivity contribution in [3.05, 3.63) is 10.9 Å². The molecule has 1 saturated heterocycles. The van der Waals surface area contributed by atoms with Crippen LogP contribution in [0.5, 0.6) is 0 Å². The number of hydrogen-bond acceptors (Lipinski definition) is 6. The molecule has 0 aliphatic carbocycles. The lowest BCUT2D eigenvalue weighted by atomic mass is 9.90. The van der Waals surface area contributed by atoms with Crippen LogP contribution in [0.2, 0.25) is 0 Å². The fourth-order valence-corrected chi connectivity index (χ4v) is 4.64. The van der Waals surface area contributed by atoms with Crippen LogP contribution in [-0.2, 0) is 0 Å². The van der Waals surface area contributed by atoms with Crippen LogP contribution in [0.25, 0.3) is 9.53 Å². The lowest BCUT2D eigenvalue weighted by Crippen LogP contribution is -2.34. The number of thiophene rings is 1. The van der Waals surface area contributed by atoms with Crippen molar-refractivity contribution < 1.29 is 4.79 Å². The van der Waals surface area contributed by atoms with Gasteiger partial charge in [-0.3, -0.25) is 4.79 Å². The molecule has 1 fully saturated rings. The van der Waals surface area contributed by atoms with Crippen molar-refractivity contribution in [3.8, 4) is 0 Å². The van der Waals surface area contributed by atoms with Gasteiger partial charge in [0.15, 0.2) is 5.13 Å². The maximum atomic E-state index is 12.6. The highest BCUT2D eigenvalue weighted by atomic mass is 32.1. The zero-order valence-corrected chi connectivity index (χ0v) is 14.2. The van der Waals surface area contributed by atoms with E-state index in [0.717, 1.165) is 39.0 Å². The molecule has 2 aromatic heterocycles. The Morgan fingerprint density at radius 3 is 2.86 bits per heavy atom. The predicted octanol–water partition coefficient (Wildman–Crippen LogP) is 2.23. The zero-order valence-electron chi connectivity index (χ0n) is 12.5. The lowest BCUT2D eigenvalue weighted by Gasteiger charge is -2.22. The molecule has 3 heterocycles. The Bertz CT molecular complexity index is 646. The molecule has 2 N–H and O–H groups in total. The van der Waals surface area contributed by atoms with Crippen LogP contribution in [-0.4, -0.2) is 49.5 Å². The number of nitrogens with two attached hydrogens (primary N) is 1. The van der Waals surface area contributed by atoms with E-state index in [4.69, 9.17) is 5.73 Å². The van der Waals surface area contributed by atoms with E-state index in [1.54, 1.807) is 11.3 Å². The predicted molar refractivity (Wildman–Crippen MR) is 89.5 cm³/mol. The van der Waals surface area contributed by atoms with Crippen LogP contribution in [0, 0.1) is 5.41 Å². The molecular weight excluding hydrogens is 304 g/mol. The molecule has 0 radical (unpaired) electrons. The second-order valence-corrected chi connectivity index (χ2v) is 8.20. The summed E-state index contributed by atoms with van der Waals surface area (Å²) in [7, 11) is 3.96. The maximum absolute atomic E-state index is 12.6. The topological polar surface area (TPSA) is 62.5 Å². The van der Waals surface area contributed by atoms with E-state index in [2.05, 4.69) is 11.9 Å². The van der Waals surface area contributed by atoms with Crippen LogP contribution in [0.15, 0.2) is 6.07 Å². The third-order valence-electron chi connectivity index (χ3n) is 4.01. The van der Waals surface area contributed by atoms with E-state index in [1.807, 2.05) is 30.0 Å². The van der Waals surface area contributed by atoms with Crippen molar-refractivity contribution in [1.82, 2.24) is 9.88 Å². The molecule has 1 aliphatic rings. The number of thiazole rings is 1. The molecule has 114 valence electrons. The number of hydrogen-bond donors (Lipinski definition) is 1. The van der Waals surface area contributed by atoms with Crippen molar-refractivity contribution in [2.75, 3.05) is 38.6 Å². The number of amides is 1. The second-order valence-electron chi connectivity index (χ2n) is 6.16. The van der Waals surface area contributed by atoms with Crippen molar-refractivity contribution >= 4 is 43.2 Å². The molecule has 1 atom stereocenters. The Morgan fingerprint density at radius 1 is 1.52 bits per heavy atom. The average molecular weight is 324 g/mol. The van der Waals surface area contributed by atoms with Crippen molar-refractivity contribution in [1.29, 1.82) is 0 Å². The van der Waals surface area contributed by atoms with Crippen LogP contribution in [0.3, 0.4) is 0 Å². The number of likely N-dealkylation sites (tertiary alicyclic amines) is 1. The molecule has 0 saturated carbocycles. The molecule has 1 amide bonds. The first-order chi connectivity index (χ1) is 9.92. The highest BCUT2D eigenvalue weighted by Gasteiger charge is 2.35. The smallest absolute Gasteiger partial charge is 0.264 e. The SMILES string of the molecule is CN(C)c1nc2sc(C(=O)N3CCC(C)(CN)C3)cc2s1. The molecule has 5 nitrogen and oxygen atoms in total. The largest absolute Gasteiger partial charge is 0.354 e. The van der Waals surface area contributed by atoms with E-state index in [-0.39, 0.29) is 11.3 Å². The van der Waals surface area contributed by atoms with Gasteiger partial charge in [-0.15, -0.1) is 11.3 Å². The normalized spacial score (nSPS) is 22.2. The number of carbonyl (C=O) groups is 1. The summed E-state index contributed by atoms with van der Waals surface area (Å²) in [6.07, 6.45) is 0.984. The number of rotatable bonds is 3. The van der Waals surface area contributed by atoms with Gasteiger partial charge < -0.3 is 15.5 Å². The van der Waals surface area contributed by atoms with Gasteiger partial charge in [-0.2, -0.15) is 0 Å². The summed E-state index contributed by atoms with van der Waals surface area (Å²) in [6.45, 7) is 4.33. The average Bonchev–Trinajstić information content (AvgIpc) is 3.10. The minimum atomic E-state index is 0.0701. The summed E-state index contributed by atoms with van der Waals surface area (Å²) in [5.41, 5.74) is 5.88. The van der Waals surface area contributed by atoms with E-state index in [1.165, 1.54) is 11.3 Å². The van der Waals surface area contributed by atoms with Crippen molar-refractivity contribution in [3.63, 3.8) is 0 Å². The summed E-state index contributed by atoms with van der Waals surface area (Å²) < 4.78 is 1.09. The number of fused-ring (bicyclic) bond motifs is 1. The number of carbonyl (C=O) groups excluding carboxylic acids is 1. The molecule has 0 spiro atoms. The third kappa shape index (κ3) is 2.65. The van der Waals surface area contributed by atoms with Gasteiger partial charge in [-0.25, -0.2) is 4.98 Å². The second kappa shape index (κ2) is 5.23. The lowest BCUT2D eigenvalue weighted by molar-refractivity contribution is 0.0782. The Labute approximate surface area is 132 Å². The first-order valence-electron chi connectivity index (χ1n) is 6.99. The Kier molecular flexibility index (Phi) is 3.67. The molecule has 2 aromatic rings. The highest BCUT2D eigenvalue weighted by Crippen LogP contribution is 2.36. The minimum Gasteiger partial charge on any atom is -0.354 e. The molecule has 3 rings (SSSR count). The van der Waals surface area contributed by atoms with Crippen LogP contribution in [0.4, 0.5) is 5.13 Å². The van der Waals surface area contributed by atoms with Gasteiger partial charge in [0.2, 0.25) is 0 Å². The monoisotopic (exact) mass is 324 g/mol. The zero-order chi connectivity index (χ0) is 15.2. The molecule has 1 aliphatic heterocycles. The van der Waals surface area contributed by atoms with Gasteiger partial charge in [0.05, 0.1) is 9.58 Å². The fraction of sp³-hybridized carbons (Fsp3) is 0.571. The molecule has 0 bridgehead atoms. The van der Waals surface area contributed by atoms with E-state index < -0.39 is 0 Å². The van der Waals surface area contributed by atoms with Gasteiger partial charge in [-0.05, 0) is 24.4 Å². The number of aromatic nitrogens is 1. The van der Waals surface area contributed by atoms with Crippen LogP contribution < -0.4 is 10.6 Å². The Morgan fingerprint density at radius 2 is 2.29 bits per heavy atom. The molecule has 0 aromatic carbocycles. The number of anilines is 1. The summed E-state index contributed by atoms with van der Waals surface area (Å²) >= 11 is 3.11. The highest BCUT2D eigenvalue weighted by molar-refractivity contribution is 7.29. The van der Waals surface area contributed by atoms with Gasteiger partial charge in [0.25, 0.3) is 5.91 Å². The number of nitrogens with zero attached hydrogens (tertiary/aromatic N) is 3. The Balaban J connectivity index is 1.81. The first kappa shape index (κ1) is 14.7. The first-order valence-corrected chi connectivity index (χ1v) is 8.62. The third-order valence-corrected chi connectivity index (χ3v) is 6.33. The summed E-state index contributed by atoms with van der Waals surface area (Å²) in [6, 6.07) is 1.98. The maximum Gasteiger partial charge on any atom is 0.264 e. The van der Waals surface area contributed by atoms with Crippen molar-refractivity contribution in [2.24, 2.45) is 11.1 Å². The van der Waals surface area contributed by atoms with Gasteiger partial charge in [-0.1, -0.05) is 18.3 Å². The quantitative estimate of drug-likeness (QED) is 0.940.